The van der Waals surface area contributed by atoms with E-state index in [0.29, 0.717) is 18.7 Å². The minimum Gasteiger partial charge on any atom is -0.460 e. The van der Waals surface area contributed by atoms with Crippen LogP contribution in [0.4, 0.5) is 4.39 Å². The number of hydrogen-bond donors (Lipinski definition) is 1. The van der Waals surface area contributed by atoms with E-state index in [-0.39, 0.29) is 5.82 Å². The molecule has 0 saturated heterocycles. The van der Waals surface area contributed by atoms with Gasteiger partial charge in [-0.05, 0) is 37.3 Å². The fraction of sp³-hybridized carbons (Fsp3) is 0.136. The van der Waals surface area contributed by atoms with Crippen LogP contribution >= 0.6 is 0 Å². The van der Waals surface area contributed by atoms with Crippen molar-refractivity contribution in [2.45, 2.75) is 20.0 Å². The summed E-state index contributed by atoms with van der Waals surface area (Å²) in [5, 5.41) is 8.02. The van der Waals surface area contributed by atoms with E-state index in [9.17, 15) is 4.39 Å². The third-order valence-corrected chi connectivity index (χ3v) is 4.37. The molecule has 0 radical (unpaired) electrons. The molecule has 4 rings (SSSR count). The van der Waals surface area contributed by atoms with Crippen molar-refractivity contribution in [1.29, 1.82) is 0 Å². The molecular weight excluding hydrogens is 341 g/mol. The van der Waals surface area contributed by atoms with Crippen LogP contribution in [0.3, 0.4) is 0 Å². The normalized spacial score (nSPS) is 11.0. The predicted molar refractivity (Wildman–Crippen MR) is 103 cm³/mol. The zero-order valence-electron chi connectivity index (χ0n) is 15.0. The van der Waals surface area contributed by atoms with E-state index in [2.05, 4.69) is 5.32 Å². The maximum absolute atomic E-state index is 13.8. The first kappa shape index (κ1) is 17.2. The Morgan fingerprint density at radius 2 is 1.67 bits per heavy atom. The van der Waals surface area contributed by atoms with Gasteiger partial charge in [0.25, 0.3) is 0 Å². The lowest BCUT2D eigenvalue weighted by molar-refractivity contribution is 0.544. The Kier molecular flexibility index (Phi) is 4.85. The molecule has 5 heteroatoms. The highest BCUT2D eigenvalue weighted by molar-refractivity contribution is 5.57. The van der Waals surface area contributed by atoms with Crippen molar-refractivity contribution in [1.82, 2.24) is 15.1 Å². The average molecular weight is 361 g/mol. The van der Waals surface area contributed by atoms with Gasteiger partial charge in [0, 0.05) is 30.4 Å². The van der Waals surface area contributed by atoms with Gasteiger partial charge in [0.05, 0.1) is 5.69 Å². The lowest BCUT2D eigenvalue weighted by Crippen LogP contribution is -2.13. The molecule has 0 spiro atoms. The zero-order chi connectivity index (χ0) is 18.6. The Morgan fingerprint density at radius 1 is 0.926 bits per heavy atom. The van der Waals surface area contributed by atoms with Gasteiger partial charge >= 0.3 is 0 Å². The molecule has 0 fully saturated rings. The summed E-state index contributed by atoms with van der Waals surface area (Å²) in [5.41, 5.74) is 3.39. The van der Waals surface area contributed by atoms with Crippen LogP contribution in [-0.4, -0.2) is 9.78 Å². The smallest absolute Gasteiger partial charge is 0.154 e. The first-order chi connectivity index (χ1) is 13.2. The van der Waals surface area contributed by atoms with Crippen molar-refractivity contribution in [2.75, 3.05) is 0 Å². The minimum atomic E-state index is -0.202. The van der Waals surface area contributed by atoms with E-state index in [4.69, 9.17) is 9.52 Å². The fourth-order valence-electron chi connectivity index (χ4n) is 2.99. The van der Waals surface area contributed by atoms with Gasteiger partial charge in [-0.1, -0.05) is 36.4 Å². The molecule has 2 aromatic carbocycles. The molecule has 1 N–H and O–H groups in total. The SMILES string of the molecule is Cc1ccc(-c2nn(-c3ccccc3)cc2CNCc2ccccc2F)o1. The lowest BCUT2D eigenvalue weighted by atomic mass is 10.2. The summed E-state index contributed by atoms with van der Waals surface area (Å²) < 4.78 is 21.4. The maximum atomic E-state index is 13.8. The van der Waals surface area contributed by atoms with E-state index in [1.807, 2.05) is 66.3 Å². The number of benzene rings is 2. The number of aryl methyl sites for hydroxylation is 1. The summed E-state index contributed by atoms with van der Waals surface area (Å²) in [4.78, 5) is 0. The number of halogens is 1. The Balaban J connectivity index is 1.60. The predicted octanol–water partition coefficient (Wildman–Crippen LogP) is 4.87. The molecule has 136 valence electrons. The van der Waals surface area contributed by atoms with Gasteiger partial charge in [0.2, 0.25) is 0 Å². The van der Waals surface area contributed by atoms with Crippen molar-refractivity contribution in [3.63, 3.8) is 0 Å². The molecule has 27 heavy (non-hydrogen) atoms. The van der Waals surface area contributed by atoms with Crippen LogP contribution < -0.4 is 5.32 Å². The highest BCUT2D eigenvalue weighted by atomic mass is 19.1. The van der Waals surface area contributed by atoms with E-state index in [0.717, 1.165) is 28.5 Å². The molecule has 0 aliphatic carbocycles. The van der Waals surface area contributed by atoms with Crippen LogP contribution in [0, 0.1) is 12.7 Å². The molecule has 0 saturated carbocycles. The Hall–Kier alpha value is -3.18. The number of nitrogens with zero attached hydrogens (tertiary/aromatic N) is 2. The monoisotopic (exact) mass is 361 g/mol. The molecule has 4 aromatic rings. The molecule has 0 amide bonds. The molecule has 4 nitrogen and oxygen atoms in total. The highest BCUT2D eigenvalue weighted by Crippen LogP contribution is 2.25. The van der Waals surface area contributed by atoms with Crippen LogP contribution in [0.25, 0.3) is 17.1 Å². The summed E-state index contributed by atoms with van der Waals surface area (Å²) in [5.74, 6) is 1.36. The van der Waals surface area contributed by atoms with Crippen molar-refractivity contribution in [3.05, 3.63) is 95.6 Å². The largest absolute Gasteiger partial charge is 0.460 e. The van der Waals surface area contributed by atoms with Crippen LogP contribution in [0.5, 0.6) is 0 Å². The Morgan fingerprint density at radius 3 is 2.41 bits per heavy atom. The van der Waals surface area contributed by atoms with E-state index in [1.165, 1.54) is 6.07 Å². The topological polar surface area (TPSA) is 43.0 Å². The number of para-hydroxylation sites is 1. The standard InChI is InChI=1S/C22H20FN3O/c1-16-11-12-21(27-16)22-18(14-24-13-17-7-5-6-10-20(17)23)15-26(25-22)19-8-3-2-4-9-19/h2-12,15,24H,13-14H2,1H3. The van der Waals surface area contributed by atoms with Crippen LogP contribution in [0.15, 0.2) is 77.3 Å². The highest BCUT2D eigenvalue weighted by Gasteiger charge is 2.15. The van der Waals surface area contributed by atoms with Crippen LogP contribution in [-0.2, 0) is 13.1 Å². The van der Waals surface area contributed by atoms with E-state index < -0.39 is 0 Å². The van der Waals surface area contributed by atoms with Crippen molar-refractivity contribution in [3.8, 4) is 17.1 Å². The Bertz CT molecular complexity index is 1040. The zero-order valence-corrected chi connectivity index (χ0v) is 15.0. The van der Waals surface area contributed by atoms with Crippen molar-refractivity contribution in [2.24, 2.45) is 0 Å². The molecule has 0 bridgehead atoms. The molecule has 0 atom stereocenters. The summed E-state index contributed by atoms with van der Waals surface area (Å²) in [6.45, 7) is 2.91. The number of hydrogen-bond acceptors (Lipinski definition) is 3. The maximum Gasteiger partial charge on any atom is 0.154 e. The molecule has 0 aliphatic rings. The first-order valence-corrected chi connectivity index (χ1v) is 8.85. The van der Waals surface area contributed by atoms with E-state index in [1.54, 1.807) is 12.1 Å². The second-order valence-electron chi connectivity index (χ2n) is 6.39. The second-order valence-corrected chi connectivity index (χ2v) is 6.39. The minimum absolute atomic E-state index is 0.202. The Labute approximate surface area is 157 Å². The number of furan rings is 1. The number of rotatable bonds is 6. The summed E-state index contributed by atoms with van der Waals surface area (Å²) in [6, 6.07) is 20.6. The first-order valence-electron chi connectivity index (χ1n) is 8.85. The van der Waals surface area contributed by atoms with Gasteiger partial charge in [-0.25, -0.2) is 9.07 Å². The van der Waals surface area contributed by atoms with Gasteiger partial charge in [0.15, 0.2) is 5.76 Å². The van der Waals surface area contributed by atoms with Crippen molar-refractivity contribution < 1.29 is 8.81 Å². The summed E-state index contributed by atoms with van der Waals surface area (Å²) in [6.07, 6.45) is 1.98. The average Bonchev–Trinajstić information content (AvgIpc) is 3.30. The summed E-state index contributed by atoms with van der Waals surface area (Å²) >= 11 is 0. The molecule has 0 unspecified atom stereocenters. The molecule has 0 aliphatic heterocycles. The second kappa shape index (κ2) is 7.60. The van der Waals surface area contributed by atoms with Crippen molar-refractivity contribution >= 4 is 0 Å². The molecule has 2 heterocycles. The van der Waals surface area contributed by atoms with Crippen LogP contribution in [0.2, 0.25) is 0 Å². The third kappa shape index (κ3) is 3.83. The lowest BCUT2D eigenvalue weighted by Gasteiger charge is -2.05. The quantitative estimate of drug-likeness (QED) is 0.533. The number of aromatic nitrogens is 2. The third-order valence-electron chi connectivity index (χ3n) is 4.37. The molecule has 2 aromatic heterocycles. The fourth-order valence-corrected chi connectivity index (χ4v) is 2.99. The van der Waals surface area contributed by atoms with Crippen LogP contribution in [0.1, 0.15) is 16.9 Å². The van der Waals surface area contributed by atoms with Gasteiger partial charge in [0.1, 0.15) is 17.3 Å². The summed E-state index contributed by atoms with van der Waals surface area (Å²) in [7, 11) is 0. The molecular formula is C22H20FN3O. The van der Waals surface area contributed by atoms with Gasteiger partial charge in [-0.3, -0.25) is 0 Å². The van der Waals surface area contributed by atoms with E-state index >= 15 is 0 Å². The van der Waals surface area contributed by atoms with Gasteiger partial charge in [-0.15, -0.1) is 0 Å². The van der Waals surface area contributed by atoms with Gasteiger partial charge in [-0.2, -0.15) is 5.10 Å². The van der Waals surface area contributed by atoms with Gasteiger partial charge < -0.3 is 9.73 Å². The number of nitrogens with one attached hydrogen (secondary N) is 1.